The van der Waals surface area contributed by atoms with Gasteiger partial charge in [0.15, 0.2) is 0 Å². The number of hydrogen-bond acceptors (Lipinski definition) is 2. The summed E-state index contributed by atoms with van der Waals surface area (Å²) in [6, 6.07) is 0. The van der Waals surface area contributed by atoms with Crippen molar-refractivity contribution in [2.45, 2.75) is 13.8 Å². The van der Waals surface area contributed by atoms with E-state index in [1.807, 2.05) is 30.8 Å². The highest BCUT2D eigenvalue weighted by molar-refractivity contribution is 5.54. The van der Waals surface area contributed by atoms with E-state index in [1.54, 1.807) is 0 Å². The van der Waals surface area contributed by atoms with Crippen LogP contribution in [0.5, 0.6) is 0 Å². The van der Waals surface area contributed by atoms with Gasteiger partial charge in [0.2, 0.25) is 0 Å². The first-order valence-electron chi connectivity index (χ1n) is 4.03. The van der Waals surface area contributed by atoms with Gasteiger partial charge in [-0.1, -0.05) is 12.2 Å². The summed E-state index contributed by atoms with van der Waals surface area (Å²) in [6.45, 7) is 4.63. The Morgan fingerprint density at radius 2 is 2.17 bits per heavy atom. The quantitative estimate of drug-likeness (QED) is 0.710. The Morgan fingerprint density at radius 1 is 1.50 bits per heavy atom. The zero-order chi connectivity index (χ0) is 9.14. The van der Waals surface area contributed by atoms with Gasteiger partial charge in [0.1, 0.15) is 0 Å². The van der Waals surface area contributed by atoms with Crippen LogP contribution < -0.4 is 5.73 Å². The summed E-state index contributed by atoms with van der Waals surface area (Å²) in [4.78, 5) is 0. The number of nitrogens with two attached hydrogens (primary N) is 1. The van der Waals surface area contributed by atoms with Gasteiger partial charge in [0.05, 0.1) is 5.69 Å². The van der Waals surface area contributed by atoms with Crippen LogP contribution in [0.4, 0.5) is 0 Å². The Morgan fingerprint density at radius 3 is 2.58 bits per heavy atom. The fourth-order valence-corrected chi connectivity index (χ4v) is 1.22. The summed E-state index contributed by atoms with van der Waals surface area (Å²) < 4.78 is 1.88. The molecule has 1 aromatic rings. The summed E-state index contributed by atoms with van der Waals surface area (Å²) in [5.41, 5.74) is 8.79. The molecule has 0 aliphatic carbocycles. The van der Waals surface area contributed by atoms with Crippen molar-refractivity contribution in [3.8, 4) is 0 Å². The van der Waals surface area contributed by atoms with Gasteiger partial charge < -0.3 is 5.73 Å². The average Bonchev–Trinajstić information content (AvgIpc) is 2.25. The second kappa shape index (κ2) is 3.54. The van der Waals surface area contributed by atoms with Gasteiger partial charge in [0.25, 0.3) is 0 Å². The summed E-state index contributed by atoms with van der Waals surface area (Å²) in [6.07, 6.45) is 3.97. The summed E-state index contributed by atoms with van der Waals surface area (Å²) >= 11 is 0. The number of rotatable bonds is 2. The van der Waals surface area contributed by atoms with Crippen molar-refractivity contribution in [3.63, 3.8) is 0 Å². The molecule has 66 valence electrons. The Balaban J connectivity index is 3.05. The van der Waals surface area contributed by atoms with Crippen LogP contribution in [0.3, 0.4) is 0 Å². The standard InChI is InChI=1S/C9H15N3/c1-7-9(5-4-6-10)8(2)12(3)11-7/h4-5H,6,10H2,1-3H3. The van der Waals surface area contributed by atoms with Crippen molar-refractivity contribution in [3.05, 3.63) is 23.0 Å². The lowest BCUT2D eigenvalue weighted by atomic mass is 10.2. The monoisotopic (exact) mass is 165 g/mol. The normalized spacial score (nSPS) is 11.3. The van der Waals surface area contributed by atoms with E-state index in [0.717, 1.165) is 5.69 Å². The second-order valence-corrected chi connectivity index (χ2v) is 2.85. The molecule has 0 amide bonds. The Kier molecular flexibility index (Phi) is 2.65. The minimum Gasteiger partial charge on any atom is -0.327 e. The maximum absolute atomic E-state index is 5.37. The van der Waals surface area contributed by atoms with Gasteiger partial charge in [-0.3, -0.25) is 4.68 Å². The minimum atomic E-state index is 0.577. The summed E-state index contributed by atoms with van der Waals surface area (Å²) in [7, 11) is 1.95. The van der Waals surface area contributed by atoms with Crippen LogP contribution in [-0.2, 0) is 7.05 Å². The molecule has 0 saturated heterocycles. The topological polar surface area (TPSA) is 43.8 Å². The molecular weight excluding hydrogens is 150 g/mol. The predicted octanol–water partition coefficient (Wildman–Crippen LogP) is 1.01. The first-order valence-corrected chi connectivity index (χ1v) is 4.03. The number of hydrogen-bond donors (Lipinski definition) is 1. The molecule has 3 heteroatoms. The van der Waals surface area contributed by atoms with E-state index in [9.17, 15) is 0 Å². The molecule has 0 aromatic carbocycles. The Hall–Kier alpha value is -1.09. The van der Waals surface area contributed by atoms with E-state index in [-0.39, 0.29) is 0 Å². The maximum Gasteiger partial charge on any atom is 0.0668 e. The molecule has 1 aromatic heterocycles. The Bertz CT molecular complexity index is 297. The van der Waals surface area contributed by atoms with Gasteiger partial charge in [0, 0.05) is 24.8 Å². The zero-order valence-electron chi connectivity index (χ0n) is 7.83. The molecule has 0 aliphatic rings. The van der Waals surface area contributed by atoms with Crippen molar-refractivity contribution in [2.24, 2.45) is 12.8 Å². The van der Waals surface area contributed by atoms with E-state index in [1.165, 1.54) is 11.3 Å². The summed E-state index contributed by atoms with van der Waals surface area (Å²) in [5.74, 6) is 0. The zero-order valence-corrected chi connectivity index (χ0v) is 7.83. The van der Waals surface area contributed by atoms with Crippen LogP contribution in [-0.4, -0.2) is 16.3 Å². The fourth-order valence-electron chi connectivity index (χ4n) is 1.22. The lowest BCUT2D eigenvalue weighted by molar-refractivity contribution is 0.731. The number of nitrogens with zero attached hydrogens (tertiary/aromatic N) is 2. The van der Waals surface area contributed by atoms with Gasteiger partial charge >= 0.3 is 0 Å². The molecule has 0 fully saturated rings. The average molecular weight is 165 g/mol. The molecule has 3 nitrogen and oxygen atoms in total. The largest absolute Gasteiger partial charge is 0.327 e. The van der Waals surface area contributed by atoms with Crippen LogP contribution >= 0.6 is 0 Å². The molecule has 0 spiro atoms. The summed E-state index contributed by atoms with van der Waals surface area (Å²) in [5, 5.41) is 4.29. The Labute approximate surface area is 72.9 Å². The van der Waals surface area contributed by atoms with Crippen molar-refractivity contribution in [1.82, 2.24) is 9.78 Å². The third-order valence-corrected chi connectivity index (χ3v) is 1.99. The van der Waals surface area contributed by atoms with E-state index in [2.05, 4.69) is 12.0 Å². The molecule has 12 heavy (non-hydrogen) atoms. The maximum atomic E-state index is 5.37. The van der Waals surface area contributed by atoms with Crippen LogP contribution in [0.25, 0.3) is 6.08 Å². The highest BCUT2D eigenvalue weighted by atomic mass is 15.3. The van der Waals surface area contributed by atoms with Crippen molar-refractivity contribution in [2.75, 3.05) is 6.54 Å². The molecule has 0 saturated carbocycles. The SMILES string of the molecule is Cc1nn(C)c(C)c1C=CCN. The molecule has 1 heterocycles. The van der Waals surface area contributed by atoms with Crippen LogP contribution in [0.15, 0.2) is 6.08 Å². The smallest absolute Gasteiger partial charge is 0.0668 e. The van der Waals surface area contributed by atoms with Gasteiger partial charge in [-0.25, -0.2) is 0 Å². The lowest BCUT2D eigenvalue weighted by Crippen LogP contribution is -1.93. The van der Waals surface area contributed by atoms with E-state index < -0.39 is 0 Å². The number of aromatic nitrogens is 2. The fraction of sp³-hybridized carbons (Fsp3) is 0.444. The first kappa shape index (κ1) is 9.00. The molecule has 1 rings (SSSR count). The number of aryl methyl sites for hydroxylation is 2. The van der Waals surface area contributed by atoms with Crippen LogP contribution in [0, 0.1) is 13.8 Å². The second-order valence-electron chi connectivity index (χ2n) is 2.85. The highest BCUT2D eigenvalue weighted by Crippen LogP contribution is 2.12. The predicted molar refractivity (Wildman–Crippen MR) is 50.8 cm³/mol. The molecule has 0 atom stereocenters. The van der Waals surface area contributed by atoms with Crippen molar-refractivity contribution < 1.29 is 0 Å². The van der Waals surface area contributed by atoms with E-state index in [4.69, 9.17) is 5.73 Å². The van der Waals surface area contributed by atoms with E-state index >= 15 is 0 Å². The van der Waals surface area contributed by atoms with E-state index in [0.29, 0.717) is 6.54 Å². The molecule has 0 unspecified atom stereocenters. The third-order valence-electron chi connectivity index (χ3n) is 1.99. The highest BCUT2D eigenvalue weighted by Gasteiger charge is 2.04. The third kappa shape index (κ3) is 1.56. The lowest BCUT2D eigenvalue weighted by Gasteiger charge is -1.93. The van der Waals surface area contributed by atoms with Gasteiger partial charge in [-0.15, -0.1) is 0 Å². The first-order chi connectivity index (χ1) is 5.66. The van der Waals surface area contributed by atoms with Crippen LogP contribution in [0.1, 0.15) is 17.0 Å². The van der Waals surface area contributed by atoms with Gasteiger partial charge in [-0.2, -0.15) is 5.10 Å². The van der Waals surface area contributed by atoms with Crippen molar-refractivity contribution in [1.29, 1.82) is 0 Å². The van der Waals surface area contributed by atoms with Crippen LogP contribution in [0.2, 0.25) is 0 Å². The molecular formula is C9H15N3. The van der Waals surface area contributed by atoms with Gasteiger partial charge in [-0.05, 0) is 13.8 Å². The molecule has 2 N–H and O–H groups in total. The molecule has 0 radical (unpaired) electrons. The molecule has 0 aliphatic heterocycles. The molecule has 0 bridgehead atoms. The minimum absolute atomic E-state index is 0.577. The van der Waals surface area contributed by atoms with Crippen molar-refractivity contribution >= 4 is 6.08 Å².